The van der Waals surface area contributed by atoms with Gasteiger partial charge in [0.15, 0.2) is 0 Å². The highest BCUT2D eigenvalue weighted by Crippen LogP contribution is 2.54. The van der Waals surface area contributed by atoms with Crippen LogP contribution in [0.15, 0.2) is 18.2 Å². The van der Waals surface area contributed by atoms with E-state index < -0.39 is 6.10 Å². The lowest BCUT2D eigenvalue weighted by Gasteiger charge is -2.13. The van der Waals surface area contributed by atoms with Gasteiger partial charge in [-0.1, -0.05) is 25.4 Å². The van der Waals surface area contributed by atoms with Crippen LogP contribution in [0, 0.1) is 17.2 Å². The summed E-state index contributed by atoms with van der Waals surface area (Å²) < 4.78 is 13.4. The molecular weight excluding hydrogens is 227 g/mol. The van der Waals surface area contributed by atoms with E-state index in [1.54, 1.807) is 6.07 Å². The molecule has 0 spiro atoms. The first-order valence-electron chi connectivity index (χ1n) is 5.52. The Morgan fingerprint density at radius 1 is 1.56 bits per heavy atom. The minimum absolute atomic E-state index is 0.203. The third kappa shape index (κ3) is 2.38. The molecular formula is C13H16ClFO. The maximum absolute atomic E-state index is 13.4. The van der Waals surface area contributed by atoms with E-state index in [1.807, 2.05) is 0 Å². The van der Waals surface area contributed by atoms with Gasteiger partial charge in [0, 0.05) is 11.4 Å². The Bertz CT molecular complexity index is 403. The Balaban J connectivity index is 2.06. The number of aliphatic hydroxyl groups is 1. The van der Waals surface area contributed by atoms with Crippen molar-refractivity contribution in [2.45, 2.75) is 32.8 Å². The fourth-order valence-electron chi connectivity index (χ4n) is 2.23. The standard InChI is InChI=1S/C13H16ClFO/c1-13(2)7-10(13)12(16)6-8-5-9(14)3-4-11(8)15/h3-5,10,12,16H,6-7H2,1-2H3. The minimum Gasteiger partial charge on any atom is -0.392 e. The molecule has 1 aliphatic rings. The summed E-state index contributed by atoms with van der Waals surface area (Å²) in [5, 5.41) is 10.5. The van der Waals surface area contributed by atoms with Crippen molar-refractivity contribution >= 4 is 11.6 Å². The minimum atomic E-state index is -0.469. The summed E-state index contributed by atoms with van der Waals surface area (Å²) >= 11 is 5.80. The molecule has 16 heavy (non-hydrogen) atoms. The van der Waals surface area contributed by atoms with E-state index in [-0.39, 0.29) is 17.2 Å². The van der Waals surface area contributed by atoms with Gasteiger partial charge >= 0.3 is 0 Å². The molecule has 2 atom stereocenters. The molecule has 0 heterocycles. The van der Waals surface area contributed by atoms with Crippen molar-refractivity contribution in [2.24, 2.45) is 11.3 Å². The molecule has 0 saturated heterocycles. The van der Waals surface area contributed by atoms with Crippen molar-refractivity contribution in [1.29, 1.82) is 0 Å². The van der Waals surface area contributed by atoms with E-state index in [0.29, 0.717) is 17.0 Å². The Kier molecular flexibility index (Phi) is 2.97. The van der Waals surface area contributed by atoms with Gasteiger partial charge in [-0.05, 0) is 41.5 Å². The van der Waals surface area contributed by atoms with E-state index in [1.165, 1.54) is 12.1 Å². The summed E-state index contributed by atoms with van der Waals surface area (Å²) in [5.41, 5.74) is 0.705. The van der Waals surface area contributed by atoms with Crippen LogP contribution in [0.1, 0.15) is 25.8 Å². The van der Waals surface area contributed by atoms with Gasteiger partial charge in [0.05, 0.1) is 6.10 Å². The Hall–Kier alpha value is -0.600. The number of aliphatic hydroxyl groups excluding tert-OH is 1. The monoisotopic (exact) mass is 242 g/mol. The maximum atomic E-state index is 13.4. The van der Waals surface area contributed by atoms with Gasteiger partial charge in [0.1, 0.15) is 5.82 Å². The van der Waals surface area contributed by atoms with E-state index in [4.69, 9.17) is 11.6 Å². The van der Waals surface area contributed by atoms with Crippen molar-refractivity contribution < 1.29 is 9.50 Å². The summed E-state index contributed by atoms with van der Waals surface area (Å²) in [7, 11) is 0. The number of rotatable bonds is 3. The van der Waals surface area contributed by atoms with Crippen molar-refractivity contribution in [3.05, 3.63) is 34.6 Å². The molecule has 0 radical (unpaired) electrons. The number of hydrogen-bond acceptors (Lipinski definition) is 1. The normalized spacial score (nSPS) is 24.2. The van der Waals surface area contributed by atoms with Gasteiger partial charge in [0.25, 0.3) is 0 Å². The fraction of sp³-hybridized carbons (Fsp3) is 0.538. The topological polar surface area (TPSA) is 20.2 Å². The fourth-order valence-corrected chi connectivity index (χ4v) is 2.43. The zero-order valence-corrected chi connectivity index (χ0v) is 10.3. The van der Waals surface area contributed by atoms with Crippen molar-refractivity contribution in [3.8, 4) is 0 Å². The van der Waals surface area contributed by atoms with Gasteiger partial charge in [0.2, 0.25) is 0 Å². The molecule has 0 aliphatic heterocycles. The molecule has 0 aromatic heterocycles. The first kappa shape index (κ1) is 11.9. The molecule has 1 fully saturated rings. The van der Waals surface area contributed by atoms with Crippen LogP contribution >= 0.6 is 11.6 Å². The SMILES string of the molecule is CC1(C)CC1C(O)Cc1cc(Cl)ccc1F. The predicted octanol–water partition coefficient (Wildman–Crippen LogP) is 3.43. The van der Waals surface area contributed by atoms with Crippen LogP contribution < -0.4 is 0 Å². The third-order valence-electron chi connectivity index (χ3n) is 3.49. The first-order valence-corrected chi connectivity index (χ1v) is 5.90. The van der Waals surface area contributed by atoms with Crippen LogP contribution in [0.4, 0.5) is 4.39 Å². The molecule has 1 nitrogen and oxygen atoms in total. The van der Waals surface area contributed by atoms with Crippen molar-refractivity contribution in [3.63, 3.8) is 0 Å². The van der Waals surface area contributed by atoms with Crippen LogP contribution in [0.3, 0.4) is 0 Å². The van der Waals surface area contributed by atoms with E-state index in [9.17, 15) is 9.50 Å². The highest BCUT2D eigenvalue weighted by atomic mass is 35.5. The lowest BCUT2D eigenvalue weighted by molar-refractivity contribution is 0.136. The van der Waals surface area contributed by atoms with Crippen LogP contribution in [0.5, 0.6) is 0 Å². The zero-order chi connectivity index (χ0) is 11.9. The third-order valence-corrected chi connectivity index (χ3v) is 3.73. The summed E-state index contributed by atoms with van der Waals surface area (Å²) in [5.74, 6) is -0.00668. The summed E-state index contributed by atoms with van der Waals surface area (Å²) in [6, 6.07) is 4.46. The molecule has 1 aliphatic carbocycles. The molecule has 0 bridgehead atoms. The summed E-state index contributed by atoms with van der Waals surface area (Å²) in [6.07, 6.45) is 0.889. The Morgan fingerprint density at radius 3 is 2.75 bits per heavy atom. The van der Waals surface area contributed by atoms with Crippen LogP contribution in [0.25, 0.3) is 0 Å². The van der Waals surface area contributed by atoms with Gasteiger partial charge < -0.3 is 5.11 Å². The Labute approximate surface area is 100 Å². The maximum Gasteiger partial charge on any atom is 0.126 e. The number of benzene rings is 1. The quantitative estimate of drug-likeness (QED) is 0.861. The van der Waals surface area contributed by atoms with Gasteiger partial charge in [-0.15, -0.1) is 0 Å². The van der Waals surface area contributed by atoms with Gasteiger partial charge in [-0.25, -0.2) is 4.39 Å². The summed E-state index contributed by atoms with van der Waals surface area (Å²) in [4.78, 5) is 0. The first-order chi connectivity index (χ1) is 7.40. The summed E-state index contributed by atoms with van der Waals surface area (Å²) in [6.45, 7) is 4.24. The lowest BCUT2D eigenvalue weighted by Crippen LogP contribution is -2.17. The largest absolute Gasteiger partial charge is 0.392 e. The molecule has 2 rings (SSSR count). The highest BCUT2D eigenvalue weighted by Gasteiger charge is 2.49. The average Bonchev–Trinajstić information content (AvgIpc) is 2.82. The second-order valence-electron chi connectivity index (χ2n) is 5.31. The zero-order valence-electron chi connectivity index (χ0n) is 9.50. The molecule has 88 valence electrons. The van der Waals surface area contributed by atoms with Crippen molar-refractivity contribution in [2.75, 3.05) is 0 Å². The highest BCUT2D eigenvalue weighted by molar-refractivity contribution is 6.30. The number of hydrogen-bond donors (Lipinski definition) is 1. The number of halogens is 2. The average molecular weight is 243 g/mol. The molecule has 1 aromatic carbocycles. The molecule has 1 N–H and O–H groups in total. The van der Waals surface area contributed by atoms with Crippen molar-refractivity contribution in [1.82, 2.24) is 0 Å². The molecule has 2 unspecified atom stereocenters. The van der Waals surface area contributed by atoms with Crippen LogP contribution in [0.2, 0.25) is 5.02 Å². The second kappa shape index (κ2) is 4.01. The molecule has 1 saturated carbocycles. The van der Waals surface area contributed by atoms with E-state index >= 15 is 0 Å². The molecule has 1 aromatic rings. The lowest BCUT2D eigenvalue weighted by atomic mass is 9.99. The molecule has 0 amide bonds. The van der Waals surface area contributed by atoms with E-state index in [0.717, 1.165) is 6.42 Å². The Morgan fingerprint density at radius 2 is 2.19 bits per heavy atom. The van der Waals surface area contributed by atoms with Crippen LogP contribution in [-0.2, 0) is 6.42 Å². The van der Waals surface area contributed by atoms with Gasteiger partial charge in [-0.3, -0.25) is 0 Å². The van der Waals surface area contributed by atoms with E-state index in [2.05, 4.69) is 13.8 Å². The second-order valence-corrected chi connectivity index (χ2v) is 5.74. The van der Waals surface area contributed by atoms with Gasteiger partial charge in [-0.2, -0.15) is 0 Å². The van der Waals surface area contributed by atoms with Crippen LogP contribution in [-0.4, -0.2) is 11.2 Å². The molecule has 3 heteroatoms. The smallest absolute Gasteiger partial charge is 0.126 e. The predicted molar refractivity (Wildman–Crippen MR) is 63.0 cm³/mol.